The van der Waals surface area contributed by atoms with E-state index in [0.29, 0.717) is 29.8 Å². The molecule has 0 saturated heterocycles. The maximum atomic E-state index is 14.3. The predicted molar refractivity (Wildman–Crippen MR) is 226 cm³/mol. The van der Waals surface area contributed by atoms with Gasteiger partial charge >= 0.3 is 18.5 Å². The third-order valence-electron chi connectivity index (χ3n) is 10.7. The van der Waals surface area contributed by atoms with Crippen LogP contribution in [-0.4, -0.2) is 19.9 Å². The first kappa shape index (κ1) is 45.9. The number of halogens is 10. The number of rotatable bonds is 11. The molecule has 0 heterocycles. The van der Waals surface area contributed by atoms with Gasteiger partial charge in [0.2, 0.25) is 0 Å². The van der Waals surface area contributed by atoms with Gasteiger partial charge in [0.15, 0.2) is 0 Å². The van der Waals surface area contributed by atoms with E-state index in [1.165, 1.54) is 0 Å². The second-order valence-corrected chi connectivity index (χ2v) is 19.8. The van der Waals surface area contributed by atoms with E-state index in [4.69, 9.17) is 9.47 Å². The smallest absolute Gasteiger partial charge is 0.416 e. The fourth-order valence-electron chi connectivity index (χ4n) is 8.19. The number of hydrogen-bond donors (Lipinski definition) is 0. The molecule has 6 rings (SSSR count). The fourth-order valence-corrected chi connectivity index (χ4v) is 14.0. The lowest BCUT2D eigenvalue weighted by Crippen LogP contribution is -2.29. The molecule has 2 nitrogen and oxygen atoms in total. The number of alkyl halides is 10. The van der Waals surface area contributed by atoms with Crippen molar-refractivity contribution in [2.45, 2.75) is 65.5 Å². The van der Waals surface area contributed by atoms with Gasteiger partial charge in [-0.25, -0.2) is 4.39 Å². The number of aryl methyl sites for hydroxylation is 4. The predicted octanol–water partition coefficient (Wildman–Crippen LogP) is 12.3. The minimum absolute atomic E-state index is 0.00858. The summed E-state index contributed by atoms with van der Waals surface area (Å²) in [5.74, 6) is 0.746. The van der Waals surface area contributed by atoms with E-state index in [1.807, 2.05) is 58.0 Å². The largest absolute Gasteiger partial charge is 0.496 e. The van der Waals surface area contributed by atoms with E-state index in [-0.39, 0.29) is 11.4 Å². The molecule has 3 atom stereocenters. The number of hydrogen-bond acceptors (Lipinski definition) is 2. The SMILES string of the molecule is COc1c(C)cc(P(c2cc(C)c(OC)c(C)c2)c2ccccc2C2=CC=C[C@H]2[C@@H](C)P(c2cc(CF)cc(C(F)(F)F)c2)c2cc(C(F)(F)F)cc(C(F)(F)F)c2)cc1C. The van der Waals surface area contributed by atoms with Crippen LogP contribution in [0.1, 0.15) is 57.0 Å². The van der Waals surface area contributed by atoms with E-state index < -0.39 is 80.2 Å². The van der Waals surface area contributed by atoms with E-state index in [9.17, 15) is 43.9 Å². The van der Waals surface area contributed by atoms with Gasteiger partial charge in [0.05, 0.1) is 30.9 Å². The Morgan fingerprint density at radius 1 is 0.590 bits per heavy atom. The Bertz CT molecular complexity index is 2360. The van der Waals surface area contributed by atoms with Gasteiger partial charge in [-0.1, -0.05) is 49.4 Å². The summed E-state index contributed by atoms with van der Waals surface area (Å²) in [4.78, 5) is 0. The summed E-state index contributed by atoms with van der Waals surface area (Å²) >= 11 is 0. The van der Waals surface area contributed by atoms with Gasteiger partial charge < -0.3 is 9.47 Å². The maximum absolute atomic E-state index is 14.3. The van der Waals surface area contributed by atoms with Crippen LogP contribution in [0.5, 0.6) is 11.5 Å². The summed E-state index contributed by atoms with van der Waals surface area (Å²) in [6.07, 6.45) is -10.1. The monoisotopic (exact) mass is 890 g/mol. The van der Waals surface area contributed by atoms with Crippen molar-refractivity contribution in [3.63, 3.8) is 0 Å². The van der Waals surface area contributed by atoms with Gasteiger partial charge in [0.25, 0.3) is 0 Å². The first-order valence-corrected chi connectivity index (χ1v) is 21.8. The van der Waals surface area contributed by atoms with Crippen molar-refractivity contribution in [2.24, 2.45) is 5.92 Å². The highest BCUT2D eigenvalue weighted by Crippen LogP contribution is 2.51. The zero-order valence-corrected chi connectivity index (χ0v) is 36.0. The van der Waals surface area contributed by atoms with E-state index in [2.05, 4.69) is 24.3 Å². The maximum Gasteiger partial charge on any atom is 0.416 e. The third-order valence-corrected chi connectivity index (χ3v) is 15.9. The average molecular weight is 891 g/mol. The second-order valence-electron chi connectivity index (χ2n) is 15.0. The Morgan fingerprint density at radius 2 is 1.03 bits per heavy atom. The molecule has 0 aromatic heterocycles. The molecule has 0 amide bonds. The molecule has 0 radical (unpaired) electrons. The molecule has 1 aliphatic carbocycles. The molecule has 5 aromatic rings. The lowest BCUT2D eigenvalue weighted by molar-refractivity contribution is -0.143. The zero-order valence-electron chi connectivity index (χ0n) is 34.2. The van der Waals surface area contributed by atoms with Crippen molar-refractivity contribution in [2.75, 3.05) is 14.2 Å². The van der Waals surface area contributed by atoms with Crippen molar-refractivity contribution in [1.82, 2.24) is 0 Å². The van der Waals surface area contributed by atoms with Gasteiger partial charge in [-0.2, -0.15) is 39.5 Å². The highest BCUT2D eigenvalue weighted by atomic mass is 31.1. The molecule has 322 valence electrons. The van der Waals surface area contributed by atoms with Gasteiger partial charge in [0.1, 0.15) is 18.2 Å². The Labute approximate surface area is 350 Å². The molecule has 0 aliphatic heterocycles. The second kappa shape index (κ2) is 17.6. The van der Waals surface area contributed by atoms with Crippen LogP contribution in [0.25, 0.3) is 5.57 Å². The molecule has 1 unspecified atom stereocenters. The highest BCUT2D eigenvalue weighted by molar-refractivity contribution is 7.80. The van der Waals surface area contributed by atoms with Crippen LogP contribution in [0.4, 0.5) is 43.9 Å². The lowest BCUT2D eigenvalue weighted by atomic mass is 9.93. The van der Waals surface area contributed by atoms with Gasteiger partial charge in [-0.15, -0.1) is 0 Å². The van der Waals surface area contributed by atoms with Crippen LogP contribution >= 0.6 is 15.8 Å². The molecule has 0 spiro atoms. The molecule has 61 heavy (non-hydrogen) atoms. The summed E-state index contributed by atoms with van der Waals surface area (Å²) in [5.41, 5.74) is -0.752. The first-order chi connectivity index (χ1) is 28.6. The Kier molecular flexibility index (Phi) is 13.2. The van der Waals surface area contributed by atoms with E-state index in [0.717, 1.165) is 61.3 Å². The first-order valence-electron chi connectivity index (χ1n) is 19.0. The van der Waals surface area contributed by atoms with Gasteiger partial charge in [-0.05, 0) is 175 Å². The lowest BCUT2D eigenvalue weighted by Gasteiger charge is -2.33. The van der Waals surface area contributed by atoms with Crippen molar-refractivity contribution in [3.8, 4) is 11.5 Å². The zero-order chi connectivity index (χ0) is 44.8. The normalized spacial score (nSPS) is 15.6. The summed E-state index contributed by atoms with van der Waals surface area (Å²) in [5, 5.41) is 2.19. The van der Waals surface area contributed by atoms with Gasteiger partial charge in [0, 0.05) is 5.92 Å². The van der Waals surface area contributed by atoms with Crippen molar-refractivity contribution >= 4 is 47.9 Å². The van der Waals surface area contributed by atoms with Crippen LogP contribution in [0.15, 0.2) is 103 Å². The van der Waals surface area contributed by atoms with Crippen molar-refractivity contribution in [3.05, 3.63) is 153 Å². The number of allylic oxidation sites excluding steroid dienone is 4. The molecule has 0 bridgehead atoms. The van der Waals surface area contributed by atoms with Gasteiger partial charge in [-0.3, -0.25) is 0 Å². The van der Waals surface area contributed by atoms with Crippen molar-refractivity contribution < 1.29 is 53.4 Å². The van der Waals surface area contributed by atoms with Crippen LogP contribution < -0.4 is 36.0 Å². The Morgan fingerprint density at radius 3 is 1.48 bits per heavy atom. The highest BCUT2D eigenvalue weighted by Gasteiger charge is 2.41. The molecular weight excluding hydrogens is 848 g/mol. The fraction of sp³-hybridized carbons (Fsp3) is 0.277. The summed E-state index contributed by atoms with van der Waals surface area (Å²) < 4.78 is 155. The minimum atomic E-state index is -5.22. The van der Waals surface area contributed by atoms with Crippen LogP contribution in [-0.2, 0) is 25.2 Å². The molecule has 14 heteroatoms. The number of ether oxygens (including phenoxy) is 2. The molecule has 1 aliphatic rings. The van der Waals surface area contributed by atoms with Crippen LogP contribution in [0, 0.1) is 33.6 Å². The Balaban J connectivity index is 1.59. The van der Waals surface area contributed by atoms with Crippen molar-refractivity contribution in [1.29, 1.82) is 0 Å². The van der Waals surface area contributed by atoms with Crippen LogP contribution in [0.2, 0.25) is 0 Å². The standard InChI is InChI=1S/C47H42F10O2P2/c1-26-15-35(16-27(2)43(26)58-6)61(36-17-28(3)44(59-7)29(4)18-36)42-14-9-8-11-41(42)40-13-10-12-39(40)30(5)60(37-20-31(25-48)19-32(22-37)45(49,50)51)38-23-33(46(52,53)54)21-34(24-38)47(55,56)57/h8-24,30,39H,25H2,1-7H3/t30-,39+,60?/m1/s1. The third kappa shape index (κ3) is 9.56. The molecule has 0 fully saturated rings. The number of benzene rings is 5. The van der Waals surface area contributed by atoms with E-state index in [1.54, 1.807) is 33.3 Å². The quantitative estimate of drug-likeness (QED) is 0.0972. The number of methoxy groups -OCH3 is 2. The molecule has 0 saturated carbocycles. The van der Waals surface area contributed by atoms with E-state index >= 15 is 0 Å². The Hall–Kier alpha value is -4.66. The summed E-state index contributed by atoms with van der Waals surface area (Å²) in [7, 11) is -0.654. The molecular formula is C47H42F10O2P2. The average Bonchev–Trinajstić information content (AvgIpc) is 3.67. The summed E-state index contributed by atoms with van der Waals surface area (Å²) in [6, 6.07) is 19.4. The summed E-state index contributed by atoms with van der Waals surface area (Å²) in [6.45, 7) is 8.06. The molecule has 0 N–H and O–H groups in total. The van der Waals surface area contributed by atoms with Crippen LogP contribution in [0.3, 0.4) is 0 Å². The topological polar surface area (TPSA) is 18.5 Å². The molecule has 5 aromatic carbocycles. The minimum Gasteiger partial charge on any atom is -0.496 e.